The third kappa shape index (κ3) is 0.869. The van der Waals surface area contributed by atoms with E-state index in [1.165, 1.54) is 0 Å². The van der Waals surface area contributed by atoms with Crippen LogP contribution in [-0.4, -0.2) is 12.5 Å². The molecule has 0 atom stereocenters. The van der Waals surface area contributed by atoms with Gasteiger partial charge >= 0.3 is 0 Å². The Kier molecular flexibility index (Phi) is 1.30. The summed E-state index contributed by atoms with van der Waals surface area (Å²) in [7, 11) is 0. The molecule has 1 amide bonds. The van der Waals surface area contributed by atoms with Gasteiger partial charge in [-0.05, 0) is 5.57 Å². The number of hydrogen-bond acceptors (Lipinski definition) is 2. The summed E-state index contributed by atoms with van der Waals surface area (Å²) in [6.07, 6.45) is 2.15. The lowest BCUT2D eigenvalue weighted by molar-refractivity contribution is -0.118. The van der Waals surface area contributed by atoms with Gasteiger partial charge in [-0.25, -0.2) is 0 Å². The summed E-state index contributed by atoms with van der Waals surface area (Å²) >= 11 is 0. The van der Waals surface area contributed by atoms with E-state index in [0.717, 1.165) is 5.57 Å². The Labute approximate surface area is 47.6 Å². The van der Waals surface area contributed by atoms with E-state index in [9.17, 15) is 4.79 Å². The summed E-state index contributed by atoms with van der Waals surface area (Å²) in [5, 5.41) is 2.54. The Morgan fingerprint density at radius 2 is 2.62 bits per heavy atom. The zero-order valence-electron chi connectivity index (χ0n) is 4.48. The second-order valence-corrected chi connectivity index (χ2v) is 1.75. The molecule has 0 fully saturated rings. The molecule has 0 aromatic carbocycles. The molecule has 1 heterocycles. The van der Waals surface area contributed by atoms with Crippen LogP contribution in [-0.2, 0) is 4.79 Å². The normalized spacial score (nSPS) is 18.1. The van der Waals surface area contributed by atoms with Crippen LogP contribution in [0.2, 0.25) is 0 Å². The first-order valence-electron chi connectivity index (χ1n) is 2.50. The molecular weight excluding hydrogens is 104 g/mol. The Morgan fingerprint density at radius 1 is 1.88 bits per heavy atom. The number of nitrogens with two attached hydrogens (primary N) is 1. The molecule has 1 rings (SSSR count). The van der Waals surface area contributed by atoms with Crippen molar-refractivity contribution in [2.45, 2.75) is 6.42 Å². The minimum absolute atomic E-state index is 0.0467. The quantitative estimate of drug-likeness (QED) is 0.473. The van der Waals surface area contributed by atoms with Crippen LogP contribution in [0.4, 0.5) is 0 Å². The fraction of sp³-hybridized carbons (Fsp3) is 0.400. The molecule has 3 nitrogen and oxygen atoms in total. The highest BCUT2D eigenvalue weighted by Gasteiger charge is 2.08. The van der Waals surface area contributed by atoms with Crippen LogP contribution in [0.1, 0.15) is 6.42 Å². The number of hydrogen-bond donors (Lipinski definition) is 2. The van der Waals surface area contributed by atoms with E-state index in [4.69, 9.17) is 5.73 Å². The van der Waals surface area contributed by atoms with Crippen molar-refractivity contribution in [3.8, 4) is 0 Å². The van der Waals surface area contributed by atoms with Crippen molar-refractivity contribution >= 4 is 5.91 Å². The molecule has 44 valence electrons. The fourth-order valence-electron chi connectivity index (χ4n) is 0.622. The van der Waals surface area contributed by atoms with Gasteiger partial charge in [0.05, 0.1) is 6.42 Å². The average Bonchev–Trinajstić information content (AvgIpc) is 2.14. The number of carbonyl (C=O) groups excluding carboxylic acids is 1. The van der Waals surface area contributed by atoms with Gasteiger partial charge in [-0.3, -0.25) is 4.79 Å². The van der Waals surface area contributed by atoms with Crippen LogP contribution < -0.4 is 11.1 Å². The lowest BCUT2D eigenvalue weighted by Gasteiger charge is -1.86. The summed E-state index contributed by atoms with van der Waals surface area (Å²) in [4.78, 5) is 10.4. The highest BCUT2D eigenvalue weighted by molar-refractivity contribution is 5.82. The number of nitrogens with one attached hydrogen (secondary N) is 1. The van der Waals surface area contributed by atoms with Gasteiger partial charge in [0.15, 0.2) is 0 Å². The number of rotatable bonds is 1. The first-order chi connectivity index (χ1) is 3.83. The smallest absolute Gasteiger partial charge is 0.228 e. The van der Waals surface area contributed by atoms with Crippen molar-refractivity contribution in [1.29, 1.82) is 0 Å². The van der Waals surface area contributed by atoms with Crippen molar-refractivity contribution in [3.63, 3.8) is 0 Å². The van der Waals surface area contributed by atoms with Gasteiger partial charge in [0.2, 0.25) is 5.91 Å². The van der Waals surface area contributed by atoms with E-state index in [1.54, 1.807) is 6.20 Å². The average molecular weight is 112 g/mol. The van der Waals surface area contributed by atoms with Gasteiger partial charge in [-0.2, -0.15) is 0 Å². The van der Waals surface area contributed by atoms with Gasteiger partial charge in [-0.15, -0.1) is 0 Å². The highest BCUT2D eigenvalue weighted by Crippen LogP contribution is 2.02. The molecule has 0 radical (unpaired) electrons. The molecule has 1 aliphatic heterocycles. The molecule has 0 saturated carbocycles. The molecule has 0 unspecified atom stereocenters. The maximum Gasteiger partial charge on any atom is 0.228 e. The standard InChI is InChI=1S/C5H8N2O/c6-2-4-1-5(8)7-3-4/h3H,1-2,6H2,(H,7,8). The van der Waals surface area contributed by atoms with Crippen LogP contribution in [0.25, 0.3) is 0 Å². The zero-order chi connectivity index (χ0) is 5.98. The van der Waals surface area contributed by atoms with Crippen molar-refractivity contribution in [3.05, 3.63) is 11.8 Å². The lowest BCUT2D eigenvalue weighted by atomic mass is 10.2. The predicted octanol–water partition coefficient (Wildman–Crippen LogP) is -0.651. The molecule has 0 aromatic heterocycles. The van der Waals surface area contributed by atoms with Crippen molar-refractivity contribution in [1.82, 2.24) is 5.32 Å². The second kappa shape index (κ2) is 1.96. The van der Waals surface area contributed by atoms with E-state index < -0.39 is 0 Å². The van der Waals surface area contributed by atoms with E-state index in [1.807, 2.05) is 0 Å². The maximum absolute atomic E-state index is 10.4. The van der Waals surface area contributed by atoms with Crippen LogP contribution in [0.15, 0.2) is 11.8 Å². The Morgan fingerprint density at radius 3 is 2.88 bits per heavy atom. The van der Waals surface area contributed by atoms with Crippen molar-refractivity contribution in [2.24, 2.45) is 5.73 Å². The van der Waals surface area contributed by atoms with Crippen LogP contribution >= 0.6 is 0 Å². The monoisotopic (exact) mass is 112 g/mol. The molecule has 0 spiro atoms. The van der Waals surface area contributed by atoms with E-state index in [0.29, 0.717) is 13.0 Å². The van der Waals surface area contributed by atoms with E-state index in [2.05, 4.69) is 5.32 Å². The van der Waals surface area contributed by atoms with E-state index >= 15 is 0 Å². The Bertz CT molecular complexity index is 139. The second-order valence-electron chi connectivity index (χ2n) is 1.75. The molecule has 0 aromatic rings. The van der Waals surface area contributed by atoms with Crippen LogP contribution in [0, 0.1) is 0 Å². The van der Waals surface area contributed by atoms with Crippen molar-refractivity contribution in [2.75, 3.05) is 6.54 Å². The predicted molar refractivity (Wildman–Crippen MR) is 29.9 cm³/mol. The van der Waals surface area contributed by atoms with Gasteiger partial charge < -0.3 is 11.1 Å². The summed E-state index contributed by atoms with van der Waals surface area (Å²) in [6, 6.07) is 0. The summed E-state index contributed by atoms with van der Waals surface area (Å²) in [5.74, 6) is 0.0467. The zero-order valence-corrected chi connectivity index (χ0v) is 4.48. The number of amides is 1. The topological polar surface area (TPSA) is 55.1 Å². The van der Waals surface area contributed by atoms with E-state index in [-0.39, 0.29) is 5.91 Å². The summed E-state index contributed by atoms with van der Waals surface area (Å²) in [6.45, 7) is 0.485. The largest absolute Gasteiger partial charge is 0.332 e. The maximum atomic E-state index is 10.4. The third-order valence-electron chi connectivity index (χ3n) is 1.09. The Balaban J connectivity index is 2.49. The lowest BCUT2D eigenvalue weighted by Crippen LogP contribution is -2.09. The van der Waals surface area contributed by atoms with Crippen LogP contribution in [0.3, 0.4) is 0 Å². The molecule has 3 N–H and O–H groups in total. The number of carbonyl (C=O) groups is 1. The molecule has 0 bridgehead atoms. The fourth-order valence-corrected chi connectivity index (χ4v) is 0.622. The minimum Gasteiger partial charge on any atom is -0.332 e. The minimum atomic E-state index is 0.0467. The molecule has 3 heteroatoms. The van der Waals surface area contributed by atoms with Gasteiger partial charge in [0, 0.05) is 12.7 Å². The SMILES string of the molecule is NCC1=CNC(=O)C1. The highest BCUT2D eigenvalue weighted by atomic mass is 16.1. The first kappa shape index (κ1) is 5.31. The Hall–Kier alpha value is -0.830. The van der Waals surface area contributed by atoms with Crippen molar-refractivity contribution < 1.29 is 4.79 Å². The van der Waals surface area contributed by atoms with Gasteiger partial charge in [-0.1, -0.05) is 0 Å². The van der Waals surface area contributed by atoms with Crippen LogP contribution in [0.5, 0.6) is 0 Å². The molecule has 8 heavy (non-hydrogen) atoms. The van der Waals surface area contributed by atoms with Gasteiger partial charge in [0.1, 0.15) is 0 Å². The molecule has 0 aliphatic carbocycles. The molecule has 0 saturated heterocycles. The third-order valence-corrected chi connectivity index (χ3v) is 1.09. The summed E-state index contributed by atoms with van der Waals surface area (Å²) in [5.41, 5.74) is 6.22. The molecular formula is C5H8N2O. The summed E-state index contributed by atoms with van der Waals surface area (Å²) < 4.78 is 0. The molecule has 1 aliphatic rings. The first-order valence-corrected chi connectivity index (χ1v) is 2.50. The van der Waals surface area contributed by atoms with Gasteiger partial charge in [0.25, 0.3) is 0 Å².